The monoisotopic (exact) mass is 544 g/mol. The molecule has 3 fully saturated rings. The van der Waals surface area contributed by atoms with Crippen LogP contribution in [0.5, 0.6) is 0 Å². The third kappa shape index (κ3) is 7.86. The first-order valence-corrected chi connectivity index (χ1v) is 15.1. The molecule has 3 aliphatic rings. The molecule has 0 spiro atoms. The number of hydrogen-bond donors (Lipinski definition) is 3. The van der Waals surface area contributed by atoms with E-state index >= 15 is 0 Å². The summed E-state index contributed by atoms with van der Waals surface area (Å²) in [5.41, 5.74) is 2.24. The van der Waals surface area contributed by atoms with E-state index in [1.165, 1.54) is 12.0 Å². The molecule has 7 atom stereocenters. The summed E-state index contributed by atoms with van der Waals surface area (Å²) >= 11 is 0. The number of unbranched alkanes of at least 4 members (excludes halogenated alkanes) is 2. The number of aliphatic hydroxyl groups is 3. The van der Waals surface area contributed by atoms with Crippen LogP contribution in [0.4, 0.5) is 4.79 Å². The van der Waals surface area contributed by atoms with Gasteiger partial charge in [0, 0.05) is 6.42 Å². The zero-order valence-corrected chi connectivity index (χ0v) is 24.8. The molecule has 6 heteroatoms. The maximum absolute atomic E-state index is 12.1. The van der Waals surface area contributed by atoms with Gasteiger partial charge in [0.1, 0.15) is 11.7 Å². The molecule has 0 aromatic carbocycles. The molecule has 3 rings (SSSR count). The van der Waals surface area contributed by atoms with Gasteiger partial charge in [-0.3, -0.25) is 0 Å². The molecule has 0 radical (unpaired) electrons. The number of carbonyl (C=O) groups is 1. The molecule has 0 bridgehead atoms. The zero-order valence-electron chi connectivity index (χ0n) is 24.8. The van der Waals surface area contributed by atoms with Crippen LogP contribution in [0.2, 0.25) is 0 Å². The van der Waals surface area contributed by atoms with Crippen molar-refractivity contribution in [3.05, 3.63) is 47.6 Å². The summed E-state index contributed by atoms with van der Waals surface area (Å²) < 4.78 is 10.6. The second-order valence-electron chi connectivity index (χ2n) is 12.9. The number of carbonyl (C=O) groups excluding carboxylic acids is 1. The minimum Gasteiger partial charge on any atom is -0.434 e. The van der Waals surface area contributed by atoms with Crippen LogP contribution >= 0.6 is 0 Å². The van der Waals surface area contributed by atoms with E-state index in [0.29, 0.717) is 31.3 Å². The molecule has 39 heavy (non-hydrogen) atoms. The molecule has 0 aliphatic heterocycles. The van der Waals surface area contributed by atoms with E-state index in [2.05, 4.69) is 45.6 Å². The largest absolute Gasteiger partial charge is 0.508 e. The van der Waals surface area contributed by atoms with Gasteiger partial charge in [-0.1, -0.05) is 70.1 Å². The fraction of sp³-hybridized carbons (Fsp3) is 0.727. The summed E-state index contributed by atoms with van der Waals surface area (Å²) in [6.45, 7) is 14.5. The standard InChI is InChI=1S/C33H52O6/c1-7-8-9-19-38-31(37)39-32(4,5)30(36)17-12-22(2)27-15-16-28-24(11-10-18-33(27,28)6)13-14-25-20-26(34)21-29(35)23(25)3/h12-14,17,22,26-30,34-36H,3,7-11,15-16,18-21H2,1-2,4-6H3/b17-12+,24-13+,25-14-/t22-,26?,27-,28+,29?,30-,33-/m1/s1. The average Bonchev–Trinajstić information content (AvgIpc) is 3.23. The minimum absolute atomic E-state index is 0.175. The van der Waals surface area contributed by atoms with Gasteiger partial charge in [0.25, 0.3) is 0 Å². The number of hydrogen-bond acceptors (Lipinski definition) is 6. The van der Waals surface area contributed by atoms with Gasteiger partial charge in [-0.25, -0.2) is 4.79 Å². The first-order valence-electron chi connectivity index (χ1n) is 15.1. The molecule has 0 aromatic rings. The Morgan fingerprint density at radius 2 is 1.95 bits per heavy atom. The highest BCUT2D eigenvalue weighted by atomic mass is 16.7. The van der Waals surface area contributed by atoms with Crippen LogP contribution in [0.25, 0.3) is 0 Å². The quantitative estimate of drug-likeness (QED) is 0.159. The Hall–Kier alpha value is -1.89. The molecule has 0 aromatic heterocycles. The van der Waals surface area contributed by atoms with E-state index in [1.54, 1.807) is 19.9 Å². The van der Waals surface area contributed by atoms with Crippen molar-refractivity contribution in [1.29, 1.82) is 0 Å². The molecular formula is C33H52O6. The Bertz CT molecular complexity index is 946. The van der Waals surface area contributed by atoms with Crippen molar-refractivity contribution in [2.45, 2.75) is 123 Å². The van der Waals surface area contributed by atoms with Crippen LogP contribution in [0, 0.1) is 23.2 Å². The number of aliphatic hydroxyl groups excluding tert-OH is 3. The van der Waals surface area contributed by atoms with Crippen LogP contribution in [0.3, 0.4) is 0 Å². The van der Waals surface area contributed by atoms with Crippen LogP contribution in [-0.4, -0.2) is 52.0 Å². The molecule has 220 valence electrons. The van der Waals surface area contributed by atoms with E-state index in [1.807, 2.05) is 0 Å². The number of ether oxygens (including phenoxy) is 2. The lowest BCUT2D eigenvalue weighted by atomic mass is 9.61. The summed E-state index contributed by atoms with van der Waals surface area (Å²) in [4.78, 5) is 12.1. The molecule has 3 aliphatic carbocycles. The highest BCUT2D eigenvalue weighted by Crippen LogP contribution is 2.59. The molecule has 0 amide bonds. The second kappa shape index (κ2) is 13.6. The van der Waals surface area contributed by atoms with Crippen molar-refractivity contribution in [3.63, 3.8) is 0 Å². The predicted molar refractivity (Wildman–Crippen MR) is 155 cm³/mol. The molecule has 6 nitrogen and oxygen atoms in total. The lowest BCUT2D eigenvalue weighted by molar-refractivity contribution is -0.0671. The van der Waals surface area contributed by atoms with Gasteiger partial charge in [-0.2, -0.15) is 0 Å². The van der Waals surface area contributed by atoms with Crippen LogP contribution < -0.4 is 0 Å². The lowest BCUT2D eigenvalue weighted by Gasteiger charge is -2.44. The molecule has 3 N–H and O–H groups in total. The maximum Gasteiger partial charge on any atom is 0.508 e. The van der Waals surface area contributed by atoms with Crippen LogP contribution in [-0.2, 0) is 9.47 Å². The summed E-state index contributed by atoms with van der Waals surface area (Å²) in [5.74, 6) is 1.26. The number of allylic oxidation sites excluding steroid dienone is 4. The van der Waals surface area contributed by atoms with Gasteiger partial charge in [0.05, 0.1) is 18.8 Å². The fourth-order valence-electron chi connectivity index (χ4n) is 7.07. The van der Waals surface area contributed by atoms with E-state index in [4.69, 9.17) is 9.47 Å². The molecular weight excluding hydrogens is 492 g/mol. The number of rotatable bonds is 10. The predicted octanol–water partition coefficient (Wildman–Crippen LogP) is 6.80. The summed E-state index contributed by atoms with van der Waals surface area (Å²) in [5, 5.41) is 31.2. The normalized spacial score (nSPS) is 33.4. The Balaban J connectivity index is 1.63. The summed E-state index contributed by atoms with van der Waals surface area (Å²) in [6.07, 6.45) is 14.8. The Labute approximate surface area is 235 Å². The third-order valence-corrected chi connectivity index (χ3v) is 9.56. The van der Waals surface area contributed by atoms with E-state index in [9.17, 15) is 20.1 Å². The van der Waals surface area contributed by atoms with Gasteiger partial charge in [-0.15, -0.1) is 0 Å². The van der Waals surface area contributed by atoms with Crippen LogP contribution in [0.15, 0.2) is 47.6 Å². The fourth-order valence-corrected chi connectivity index (χ4v) is 7.07. The summed E-state index contributed by atoms with van der Waals surface area (Å²) in [6, 6.07) is 0. The second-order valence-corrected chi connectivity index (χ2v) is 12.9. The van der Waals surface area contributed by atoms with Crippen molar-refractivity contribution in [1.82, 2.24) is 0 Å². The highest BCUT2D eigenvalue weighted by molar-refractivity contribution is 5.60. The molecule has 0 saturated heterocycles. The first-order chi connectivity index (χ1) is 18.4. The van der Waals surface area contributed by atoms with Gasteiger partial charge >= 0.3 is 6.16 Å². The molecule has 0 heterocycles. The van der Waals surface area contributed by atoms with Crippen LogP contribution in [0.1, 0.15) is 98.8 Å². The van der Waals surface area contributed by atoms with Crippen molar-refractivity contribution in [3.8, 4) is 0 Å². The summed E-state index contributed by atoms with van der Waals surface area (Å²) in [7, 11) is 0. The minimum atomic E-state index is -1.08. The highest BCUT2D eigenvalue weighted by Gasteiger charge is 2.50. The first kappa shape index (κ1) is 31.6. The zero-order chi connectivity index (χ0) is 28.8. The van der Waals surface area contributed by atoms with Crippen molar-refractivity contribution in [2.24, 2.45) is 23.2 Å². The van der Waals surface area contributed by atoms with E-state index in [-0.39, 0.29) is 11.3 Å². The Morgan fingerprint density at radius 3 is 2.67 bits per heavy atom. The van der Waals surface area contributed by atoms with Gasteiger partial charge in [0.15, 0.2) is 0 Å². The smallest absolute Gasteiger partial charge is 0.434 e. The average molecular weight is 545 g/mol. The SMILES string of the molecule is C=C1/C(=C\C=C2/CCC[C@]3(C)[C@@H]([C@H](C)/C=C/[C@@H](O)C(C)(C)OC(=O)OCCCCC)CC[C@@H]23)CC(O)CC1O. The van der Waals surface area contributed by atoms with E-state index < -0.39 is 30.1 Å². The van der Waals surface area contributed by atoms with Crippen molar-refractivity contribution >= 4 is 6.16 Å². The van der Waals surface area contributed by atoms with Gasteiger partial charge in [-0.05, 0) is 93.1 Å². The lowest BCUT2D eigenvalue weighted by Crippen LogP contribution is -2.40. The topological polar surface area (TPSA) is 96.2 Å². The Kier molecular flexibility index (Phi) is 11.1. The van der Waals surface area contributed by atoms with Gasteiger partial charge in [0.2, 0.25) is 0 Å². The van der Waals surface area contributed by atoms with Gasteiger partial charge < -0.3 is 24.8 Å². The maximum atomic E-state index is 12.1. The Morgan fingerprint density at radius 1 is 1.21 bits per heavy atom. The third-order valence-electron chi connectivity index (χ3n) is 9.56. The molecule has 3 saturated carbocycles. The van der Waals surface area contributed by atoms with Crippen molar-refractivity contribution in [2.75, 3.05) is 6.61 Å². The van der Waals surface area contributed by atoms with Crippen molar-refractivity contribution < 1.29 is 29.6 Å². The number of fused-ring (bicyclic) bond motifs is 1. The van der Waals surface area contributed by atoms with E-state index in [0.717, 1.165) is 56.1 Å². The molecule has 2 unspecified atom stereocenters.